The fraction of sp³-hybridized carbons (Fsp3) is 0.462. The average molecular weight is 218 g/mol. The van der Waals surface area contributed by atoms with E-state index in [1.165, 1.54) is 0 Å². The van der Waals surface area contributed by atoms with E-state index in [9.17, 15) is 4.79 Å². The van der Waals surface area contributed by atoms with Crippen molar-refractivity contribution in [3.63, 3.8) is 0 Å². The molecule has 2 rings (SSSR count). The first-order valence-electron chi connectivity index (χ1n) is 5.63. The largest absolute Gasteiger partial charge is 0.326 e. The number of carbonyl (C=O) groups is 1. The Morgan fingerprint density at radius 3 is 2.75 bits per heavy atom. The molecule has 0 fully saturated rings. The topological polar surface area (TPSA) is 55.1 Å². The number of hydrogen-bond acceptors (Lipinski definition) is 2. The lowest BCUT2D eigenvalue weighted by molar-refractivity contribution is -0.115. The monoisotopic (exact) mass is 218 g/mol. The van der Waals surface area contributed by atoms with E-state index in [4.69, 9.17) is 5.73 Å². The van der Waals surface area contributed by atoms with Gasteiger partial charge in [-0.25, -0.2) is 0 Å². The molecule has 1 unspecified atom stereocenters. The zero-order valence-electron chi connectivity index (χ0n) is 10.0. The summed E-state index contributed by atoms with van der Waals surface area (Å²) < 4.78 is 0. The molecule has 1 aliphatic heterocycles. The van der Waals surface area contributed by atoms with Crippen molar-refractivity contribution in [2.24, 2.45) is 11.7 Å². The number of hydrogen-bond donors (Lipinski definition) is 2. The number of fused-ring (bicyclic) bond motifs is 1. The maximum absolute atomic E-state index is 11.3. The lowest BCUT2D eigenvalue weighted by Crippen LogP contribution is -2.38. The zero-order valence-corrected chi connectivity index (χ0v) is 10.0. The predicted octanol–water partition coefficient (Wildman–Crippen LogP) is 2.01. The van der Waals surface area contributed by atoms with Gasteiger partial charge in [0.2, 0.25) is 5.91 Å². The van der Waals surface area contributed by atoms with Crippen LogP contribution in [0.3, 0.4) is 0 Å². The lowest BCUT2D eigenvalue weighted by Gasteiger charge is -2.30. The van der Waals surface area contributed by atoms with E-state index in [1.54, 1.807) is 0 Å². The molecule has 0 saturated heterocycles. The van der Waals surface area contributed by atoms with E-state index >= 15 is 0 Å². The Bertz CT molecular complexity index is 436. The second kappa shape index (κ2) is 3.59. The molecular formula is C13H18N2O. The molecule has 3 N–H and O–H groups in total. The zero-order chi connectivity index (χ0) is 11.9. The number of amides is 1. The molecule has 1 heterocycles. The van der Waals surface area contributed by atoms with Crippen molar-refractivity contribution < 1.29 is 4.79 Å². The molecule has 0 aliphatic carbocycles. The summed E-state index contributed by atoms with van der Waals surface area (Å²) in [5.41, 5.74) is 9.03. The van der Waals surface area contributed by atoms with Crippen molar-refractivity contribution in [2.45, 2.75) is 32.7 Å². The van der Waals surface area contributed by atoms with Crippen molar-refractivity contribution in [2.75, 3.05) is 5.32 Å². The van der Waals surface area contributed by atoms with Crippen molar-refractivity contribution in [3.8, 4) is 0 Å². The van der Waals surface area contributed by atoms with E-state index < -0.39 is 0 Å². The van der Waals surface area contributed by atoms with Crippen molar-refractivity contribution in [3.05, 3.63) is 29.3 Å². The number of nitrogens with one attached hydrogen (secondary N) is 1. The minimum absolute atomic E-state index is 0.0652. The van der Waals surface area contributed by atoms with Gasteiger partial charge in [-0.2, -0.15) is 0 Å². The van der Waals surface area contributed by atoms with Crippen molar-refractivity contribution >= 4 is 11.6 Å². The molecule has 1 amide bonds. The summed E-state index contributed by atoms with van der Waals surface area (Å²) in [5, 5.41) is 2.83. The molecule has 0 bridgehead atoms. The first-order valence-corrected chi connectivity index (χ1v) is 5.63. The summed E-state index contributed by atoms with van der Waals surface area (Å²) in [7, 11) is 0. The molecule has 16 heavy (non-hydrogen) atoms. The normalized spacial score (nSPS) is 18.2. The van der Waals surface area contributed by atoms with Gasteiger partial charge in [0.05, 0.1) is 6.42 Å². The highest BCUT2D eigenvalue weighted by atomic mass is 16.1. The first kappa shape index (κ1) is 11.1. The Balaban J connectivity index is 2.40. The molecular weight excluding hydrogens is 200 g/mol. The average Bonchev–Trinajstić information content (AvgIpc) is 2.56. The Kier molecular flexibility index (Phi) is 2.50. The van der Waals surface area contributed by atoms with Crippen LogP contribution in [0.2, 0.25) is 0 Å². The second-order valence-electron chi connectivity index (χ2n) is 5.03. The Morgan fingerprint density at radius 2 is 2.12 bits per heavy atom. The minimum Gasteiger partial charge on any atom is -0.326 e. The van der Waals surface area contributed by atoms with Crippen LogP contribution in [-0.2, 0) is 16.8 Å². The van der Waals surface area contributed by atoms with Crippen molar-refractivity contribution in [1.82, 2.24) is 0 Å². The van der Waals surface area contributed by atoms with Gasteiger partial charge >= 0.3 is 0 Å². The predicted molar refractivity (Wildman–Crippen MR) is 65.2 cm³/mol. The van der Waals surface area contributed by atoms with Gasteiger partial charge < -0.3 is 11.1 Å². The fourth-order valence-electron chi connectivity index (χ4n) is 1.90. The summed E-state index contributed by atoms with van der Waals surface area (Å²) in [5.74, 6) is 0.422. The van der Waals surface area contributed by atoms with E-state index in [0.29, 0.717) is 12.3 Å². The Hall–Kier alpha value is -1.35. The molecule has 3 heteroatoms. The standard InChI is InChI=1S/C13H18N2O/c1-8(2)13(3,14)10-4-5-11-9(6-10)7-12(16)15-11/h4-6,8H,7,14H2,1-3H3,(H,15,16). The van der Waals surface area contributed by atoms with E-state index in [0.717, 1.165) is 16.8 Å². The van der Waals surface area contributed by atoms with Gasteiger partial charge in [0.1, 0.15) is 0 Å². The van der Waals surface area contributed by atoms with Gasteiger partial charge in [0, 0.05) is 11.2 Å². The second-order valence-corrected chi connectivity index (χ2v) is 5.03. The first-order chi connectivity index (χ1) is 7.41. The molecule has 0 aromatic heterocycles. The molecule has 86 valence electrons. The summed E-state index contributed by atoms with van der Waals surface area (Å²) >= 11 is 0. The molecule has 0 spiro atoms. The summed E-state index contributed by atoms with van der Waals surface area (Å²) in [6.45, 7) is 6.25. The third kappa shape index (κ3) is 1.71. The highest BCUT2D eigenvalue weighted by molar-refractivity contribution is 5.99. The van der Waals surface area contributed by atoms with Crippen LogP contribution in [0.25, 0.3) is 0 Å². The van der Waals surface area contributed by atoms with Gasteiger partial charge in [-0.3, -0.25) is 4.79 Å². The minimum atomic E-state index is -0.347. The van der Waals surface area contributed by atoms with E-state index in [-0.39, 0.29) is 11.4 Å². The third-order valence-corrected chi connectivity index (χ3v) is 3.55. The highest BCUT2D eigenvalue weighted by Gasteiger charge is 2.27. The van der Waals surface area contributed by atoms with Crippen LogP contribution in [0.1, 0.15) is 31.9 Å². The molecule has 1 aliphatic rings. The van der Waals surface area contributed by atoms with Crippen LogP contribution in [-0.4, -0.2) is 5.91 Å². The van der Waals surface area contributed by atoms with Gasteiger partial charge in [-0.1, -0.05) is 26.0 Å². The lowest BCUT2D eigenvalue weighted by atomic mass is 9.82. The van der Waals surface area contributed by atoms with E-state index in [1.807, 2.05) is 25.1 Å². The maximum Gasteiger partial charge on any atom is 0.228 e. The molecule has 1 aromatic carbocycles. The number of nitrogens with two attached hydrogens (primary N) is 1. The highest BCUT2D eigenvalue weighted by Crippen LogP contribution is 2.31. The number of anilines is 1. The fourth-order valence-corrected chi connectivity index (χ4v) is 1.90. The molecule has 3 nitrogen and oxygen atoms in total. The summed E-state index contributed by atoms with van der Waals surface area (Å²) in [6, 6.07) is 6.00. The molecule has 0 saturated carbocycles. The number of benzene rings is 1. The van der Waals surface area contributed by atoms with Crippen LogP contribution in [0.5, 0.6) is 0 Å². The Morgan fingerprint density at radius 1 is 1.44 bits per heavy atom. The molecule has 0 radical (unpaired) electrons. The van der Waals surface area contributed by atoms with Gasteiger partial charge in [-0.05, 0) is 30.0 Å². The van der Waals surface area contributed by atoms with Crippen LogP contribution in [0, 0.1) is 5.92 Å². The molecule has 1 aromatic rings. The number of rotatable bonds is 2. The van der Waals surface area contributed by atoms with Crippen LogP contribution < -0.4 is 11.1 Å². The van der Waals surface area contributed by atoms with Gasteiger partial charge in [0.15, 0.2) is 0 Å². The van der Waals surface area contributed by atoms with Gasteiger partial charge in [-0.15, -0.1) is 0 Å². The third-order valence-electron chi connectivity index (χ3n) is 3.55. The van der Waals surface area contributed by atoms with Crippen LogP contribution in [0.15, 0.2) is 18.2 Å². The van der Waals surface area contributed by atoms with Crippen LogP contribution >= 0.6 is 0 Å². The summed E-state index contributed by atoms with van der Waals surface area (Å²) in [4.78, 5) is 11.3. The smallest absolute Gasteiger partial charge is 0.228 e. The Labute approximate surface area is 96.0 Å². The SMILES string of the molecule is CC(C)C(C)(N)c1ccc2c(c1)CC(=O)N2. The maximum atomic E-state index is 11.3. The molecule has 1 atom stereocenters. The summed E-state index contributed by atoms with van der Waals surface area (Å²) in [6.07, 6.45) is 0.470. The van der Waals surface area contributed by atoms with Crippen LogP contribution in [0.4, 0.5) is 5.69 Å². The quantitative estimate of drug-likeness (QED) is 0.797. The van der Waals surface area contributed by atoms with E-state index in [2.05, 4.69) is 19.2 Å². The van der Waals surface area contributed by atoms with Crippen molar-refractivity contribution in [1.29, 1.82) is 0 Å². The van der Waals surface area contributed by atoms with Gasteiger partial charge in [0.25, 0.3) is 0 Å². The number of carbonyl (C=O) groups excluding carboxylic acids is 1.